The molecule has 1 aromatic carbocycles. The van der Waals surface area contributed by atoms with E-state index in [1.54, 1.807) is 24.3 Å². The molecular formula is C14H8Br2F3NO2. The molecule has 0 bridgehead atoms. The van der Waals surface area contributed by atoms with Gasteiger partial charge < -0.3 is 4.74 Å². The first kappa shape index (κ1) is 17.0. The van der Waals surface area contributed by atoms with Crippen LogP contribution in [-0.2, 0) is 6.18 Å². The molecule has 0 saturated carbocycles. The molecule has 0 N–H and O–H groups in total. The number of aromatic nitrogens is 1. The molecule has 0 spiro atoms. The minimum atomic E-state index is -4.67. The molecule has 116 valence electrons. The first-order valence-electron chi connectivity index (χ1n) is 5.91. The van der Waals surface area contributed by atoms with Gasteiger partial charge in [-0.1, -0.05) is 31.9 Å². The maximum atomic E-state index is 13.1. The first-order valence-corrected chi connectivity index (χ1v) is 7.82. The van der Waals surface area contributed by atoms with E-state index in [9.17, 15) is 18.0 Å². The minimum Gasteiger partial charge on any atom is -0.439 e. The Bertz CT molecular complexity index is 687. The molecule has 0 atom stereocenters. The van der Waals surface area contributed by atoms with E-state index in [4.69, 9.17) is 4.74 Å². The number of alkyl halides is 4. The highest BCUT2D eigenvalue weighted by atomic mass is 79.9. The van der Waals surface area contributed by atoms with E-state index in [2.05, 4.69) is 36.8 Å². The fourth-order valence-corrected chi connectivity index (χ4v) is 2.21. The molecule has 2 rings (SSSR count). The highest BCUT2D eigenvalue weighted by Crippen LogP contribution is 2.35. The number of Topliss-reactive ketones (excluding diaryl/α,β-unsaturated/α-hetero) is 1. The predicted molar refractivity (Wildman–Crippen MR) is 81.6 cm³/mol. The number of nitrogens with zero attached hydrogens (tertiary/aromatic N) is 1. The van der Waals surface area contributed by atoms with Crippen molar-refractivity contribution in [3.63, 3.8) is 0 Å². The third kappa shape index (κ3) is 4.07. The van der Waals surface area contributed by atoms with Gasteiger partial charge in [-0.3, -0.25) is 4.79 Å². The second-order valence-electron chi connectivity index (χ2n) is 4.18. The van der Waals surface area contributed by atoms with Gasteiger partial charge in [-0.15, -0.1) is 0 Å². The standard InChI is InChI=1S/C14H8Br2F3NO2/c15-6-12(21)10-7-20-13(5-11(10)14(17,18)19)22-9-3-1-8(16)2-4-9/h1-5,7H,6H2. The third-order valence-corrected chi connectivity index (χ3v) is 3.68. The topological polar surface area (TPSA) is 39.2 Å². The summed E-state index contributed by atoms with van der Waals surface area (Å²) in [6, 6.07) is 7.25. The minimum absolute atomic E-state index is 0.218. The van der Waals surface area contributed by atoms with Crippen LogP contribution in [0.15, 0.2) is 41.0 Å². The van der Waals surface area contributed by atoms with Crippen LogP contribution in [0.2, 0.25) is 0 Å². The molecule has 0 fully saturated rings. The van der Waals surface area contributed by atoms with Crippen molar-refractivity contribution >= 4 is 37.6 Å². The molecule has 0 amide bonds. The normalized spacial score (nSPS) is 11.3. The van der Waals surface area contributed by atoms with Crippen molar-refractivity contribution in [3.8, 4) is 11.6 Å². The summed E-state index contributed by atoms with van der Waals surface area (Å²) < 4.78 is 45.3. The molecule has 0 unspecified atom stereocenters. The Kier molecular flexibility index (Phi) is 5.23. The Morgan fingerprint density at radius 2 is 1.86 bits per heavy atom. The highest BCUT2D eigenvalue weighted by molar-refractivity contribution is 9.10. The number of ether oxygens (including phenoxy) is 1. The second kappa shape index (κ2) is 6.78. The van der Waals surface area contributed by atoms with Gasteiger partial charge in [0, 0.05) is 22.3 Å². The number of rotatable bonds is 4. The Balaban J connectivity index is 2.38. The van der Waals surface area contributed by atoms with Crippen LogP contribution >= 0.6 is 31.9 Å². The van der Waals surface area contributed by atoms with Gasteiger partial charge >= 0.3 is 6.18 Å². The Labute approximate surface area is 140 Å². The quantitative estimate of drug-likeness (QED) is 0.484. The van der Waals surface area contributed by atoms with Gasteiger partial charge in [0.15, 0.2) is 5.78 Å². The summed E-state index contributed by atoms with van der Waals surface area (Å²) in [5.41, 5.74) is -1.56. The summed E-state index contributed by atoms with van der Waals surface area (Å²) >= 11 is 6.09. The second-order valence-corrected chi connectivity index (χ2v) is 5.66. The summed E-state index contributed by atoms with van der Waals surface area (Å²) in [5, 5.41) is -0.218. The molecular weight excluding hydrogens is 431 g/mol. The van der Waals surface area contributed by atoms with Crippen molar-refractivity contribution in [2.45, 2.75) is 6.18 Å². The summed E-state index contributed by atoms with van der Waals surface area (Å²) in [7, 11) is 0. The van der Waals surface area contributed by atoms with E-state index in [-0.39, 0.29) is 11.2 Å². The number of ketones is 1. The van der Waals surface area contributed by atoms with Gasteiger partial charge in [0.2, 0.25) is 5.88 Å². The maximum absolute atomic E-state index is 13.1. The van der Waals surface area contributed by atoms with E-state index in [1.807, 2.05) is 0 Å². The highest BCUT2D eigenvalue weighted by Gasteiger charge is 2.36. The smallest absolute Gasteiger partial charge is 0.417 e. The van der Waals surface area contributed by atoms with Crippen LogP contribution in [0.25, 0.3) is 0 Å². The lowest BCUT2D eigenvalue weighted by Crippen LogP contribution is -2.14. The van der Waals surface area contributed by atoms with E-state index in [1.165, 1.54) is 0 Å². The molecule has 8 heteroatoms. The van der Waals surface area contributed by atoms with Crippen molar-refractivity contribution < 1.29 is 22.7 Å². The van der Waals surface area contributed by atoms with Crippen molar-refractivity contribution in [2.75, 3.05) is 5.33 Å². The van der Waals surface area contributed by atoms with E-state index < -0.39 is 23.1 Å². The van der Waals surface area contributed by atoms with Gasteiger partial charge in [0.1, 0.15) is 5.75 Å². The average molecular weight is 439 g/mol. The Morgan fingerprint density at radius 1 is 1.23 bits per heavy atom. The van der Waals surface area contributed by atoms with Crippen LogP contribution in [0.3, 0.4) is 0 Å². The largest absolute Gasteiger partial charge is 0.439 e. The van der Waals surface area contributed by atoms with Crippen LogP contribution in [0.4, 0.5) is 13.2 Å². The van der Waals surface area contributed by atoms with Gasteiger partial charge in [-0.2, -0.15) is 13.2 Å². The first-order chi connectivity index (χ1) is 10.3. The monoisotopic (exact) mass is 437 g/mol. The van der Waals surface area contributed by atoms with Crippen molar-refractivity contribution in [2.24, 2.45) is 0 Å². The fourth-order valence-electron chi connectivity index (χ4n) is 1.64. The number of halogens is 5. The average Bonchev–Trinajstić information content (AvgIpc) is 2.48. The van der Waals surface area contributed by atoms with E-state index >= 15 is 0 Å². The Morgan fingerprint density at radius 3 is 2.41 bits per heavy atom. The van der Waals surface area contributed by atoms with E-state index in [0.717, 1.165) is 16.7 Å². The third-order valence-electron chi connectivity index (χ3n) is 2.64. The molecule has 0 aliphatic rings. The number of carbonyl (C=O) groups excluding carboxylic acids is 1. The molecule has 1 aromatic heterocycles. The summed E-state index contributed by atoms with van der Waals surface area (Å²) in [5.74, 6) is -0.598. The summed E-state index contributed by atoms with van der Waals surface area (Å²) in [6.45, 7) is 0. The lowest BCUT2D eigenvalue weighted by molar-refractivity contribution is -0.138. The van der Waals surface area contributed by atoms with Crippen LogP contribution in [0.5, 0.6) is 11.6 Å². The lowest BCUT2D eigenvalue weighted by Gasteiger charge is -2.13. The molecule has 0 aliphatic carbocycles. The van der Waals surface area contributed by atoms with Crippen LogP contribution < -0.4 is 4.74 Å². The zero-order valence-electron chi connectivity index (χ0n) is 10.8. The zero-order valence-corrected chi connectivity index (χ0v) is 14.0. The molecule has 0 saturated heterocycles. The van der Waals surface area contributed by atoms with Gasteiger partial charge in [0.25, 0.3) is 0 Å². The van der Waals surface area contributed by atoms with Crippen molar-refractivity contribution in [1.29, 1.82) is 0 Å². The Hall–Kier alpha value is -1.41. The molecule has 0 aliphatic heterocycles. The van der Waals surface area contributed by atoms with Gasteiger partial charge in [-0.25, -0.2) is 4.98 Å². The van der Waals surface area contributed by atoms with Crippen molar-refractivity contribution in [3.05, 3.63) is 52.1 Å². The summed E-state index contributed by atoms with van der Waals surface area (Å²) in [6.07, 6.45) is -3.80. The lowest BCUT2D eigenvalue weighted by atomic mass is 10.1. The van der Waals surface area contributed by atoms with Crippen LogP contribution in [0.1, 0.15) is 15.9 Å². The summed E-state index contributed by atoms with van der Waals surface area (Å²) in [4.78, 5) is 15.3. The van der Waals surface area contributed by atoms with Crippen LogP contribution in [-0.4, -0.2) is 16.1 Å². The number of pyridine rings is 1. The van der Waals surface area contributed by atoms with Gasteiger partial charge in [0.05, 0.1) is 10.9 Å². The fraction of sp³-hybridized carbons (Fsp3) is 0.143. The molecule has 3 nitrogen and oxygen atoms in total. The predicted octanol–water partition coefficient (Wildman–Crippen LogP) is 5.23. The van der Waals surface area contributed by atoms with Gasteiger partial charge in [-0.05, 0) is 24.3 Å². The number of carbonyl (C=O) groups is 1. The number of hydrogen-bond acceptors (Lipinski definition) is 3. The number of benzene rings is 1. The van der Waals surface area contributed by atoms with Crippen LogP contribution in [0, 0.1) is 0 Å². The van der Waals surface area contributed by atoms with E-state index in [0.29, 0.717) is 5.75 Å². The molecule has 2 aromatic rings. The zero-order chi connectivity index (χ0) is 16.3. The molecule has 22 heavy (non-hydrogen) atoms. The molecule has 0 radical (unpaired) electrons. The maximum Gasteiger partial charge on any atom is 0.417 e. The molecule has 1 heterocycles. The number of hydrogen-bond donors (Lipinski definition) is 0. The van der Waals surface area contributed by atoms with Crippen molar-refractivity contribution in [1.82, 2.24) is 4.98 Å². The SMILES string of the molecule is O=C(CBr)c1cnc(Oc2ccc(Br)cc2)cc1C(F)(F)F.